The number of ether oxygens (including phenoxy) is 1. The van der Waals surface area contributed by atoms with Crippen LogP contribution in [-0.2, 0) is 17.8 Å². The zero-order valence-electron chi connectivity index (χ0n) is 11.4. The van der Waals surface area contributed by atoms with E-state index >= 15 is 0 Å². The van der Waals surface area contributed by atoms with E-state index in [9.17, 15) is 4.79 Å². The van der Waals surface area contributed by atoms with Crippen LogP contribution in [0.4, 0.5) is 0 Å². The first-order chi connectivity index (χ1) is 10.2. The van der Waals surface area contributed by atoms with Gasteiger partial charge in [0.25, 0.3) is 0 Å². The highest BCUT2D eigenvalue weighted by molar-refractivity contribution is 5.78. The van der Waals surface area contributed by atoms with Gasteiger partial charge in [0.1, 0.15) is 12.4 Å². The van der Waals surface area contributed by atoms with Gasteiger partial charge in [-0.1, -0.05) is 24.3 Å². The van der Waals surface area contributed by atoms with Gasteiger partial charge in [-0.15, -0.1) is 0 Å². The molecule has 0 heterocycles. The van der Waals surface area contributed by atoms with Crippen LogP contribution in [0.1, 0.15) is 16.7 Å². The molecule has 1 amide bonds. The second-order valence-electron chi connectivity index (χ2n) is 4.44. The van der Waals surface area contributed by atoms with Crippen molar-refractivity contribution < 1.29 is 9.53 Å². The number of nitrogens with two attached hydrogens (primary N) is 1. The molecule has 2 aromatic rings. The normalized spacial score (nSPS) is 9.71. The number of benzene rings is 2. The molecule has 0 aliphatic carbocycles. The monoisotopic (exact) mass is 281 g/mol. The zero-order chi connectivity index (χ0) is 15.1. The third-order valence-electron chi connectivity index (χ3n) is 3.01. The second kappa shape index (κ2) is 7.08. The summed E-state index contributed by atoms with van der Waals surface area (Å²) in [7, 11) is 0. The van der Waals surface area contributed by atoms with E-state index in [4.69, 9.17) is 15.8 Å². The van der Waals surface area contributed by atoms with Crippen LogP contribution in [-0.4, -0.2) is 5.91 Å². The molecule has 5 heteroatoms. The van der Waals surface area contributed by atoms with E-state index in [1.54, 1.807) is 24.3 Å². The molecule has 0 bridgehead atoms. The van der Waals surface area contributed by atoms with E-state index in [0.717, 1.165) is 11.1 Å². The van der Waals surface area contributed by atoms with Crippen LogP contribution >= 0.6 is 0 Å². The summed E-state index contributed by atoms with van der Waals surface area (Å²) in [5.41, 5.74) is 4.49. The largest absolute Gasteiger partial charge is 0.489 e. The number of hydrogen-bond acceptors (Lipinski definition) is 4. The van der Waals surface area contributed by atoms with Gasteiger partial charge < -0.3 is 4.74 Å². The summed E-state index contributed by atoms with van der Waals surface area (Å²) in [5, 5.41) is 8.74. The molecule has 0 radical (unpaired) electrons. The van der Waals surface area contributed by atoms with Crippen LogP contribution < -0.4 is 16.0 Å². The van der Waals surface area contributed by atoms with Crippen molar-refractivity contribution in [2.75, 3.05) is 0 Å². The number of carbonyl (C=O) groups is 1. The first-order valence-electron chi connectivity index (χ1n) is 6.42. The Morgan fingerprint density at radius 1 is 1.14 bits per heavy atom. The highest BCUT2D eigenvalue weighted by Gasteiger charge is 2.07. The Kier molecular flexibility index (Phi) is 4.91. The zero-order valence-corrected chi connectivity index (χ0v) is 11.4. The topological polar surface area (TPSA) is 88.1 Å². The van der Waals surface area contributed by atoms with E-state index in [1.807, 2.05) is 24.3 Å². The molecule has 3 N–H and O–H groups in total. The number of nitriles is 1. The van der Waals surface area contributed by atoms with Crippen molar-refractivity contribution in [2.24, 2.45) is 5.84 Å². The molecule has 0 aliphatic rings. The molecule has 0 atom stereocenters. The van der Waals surface area contributed by atoms with Gasteiger partial charge in [0, 0.05) is 0 Å². The van der Waals surface area contributed by atoms with Gasteiger partial charge in [-0.2, -0.15) is 5.26 Å². The summed E-state index contributed by atoms with van der Waals surface area (Å²) in [4.78, 5) is 11.4. The molecule has 5 nitrogen and oxygen atoms in total. The Balaban J connectivity index is 2.05. The van der Waals surface area contributed by atoms with Crippen LogP contribution in [0.25, 0.3) is 0 Å². The van der Waals surface area contributed by atoms with E-state index in [0.29, 0.717) is 17.9 Å². The molecule has 106 valence electrons. The first-order valence-corrected chi connectivity index (χ1v) is 6.42. The van der Waals surface area contributed by atoms with Gasteiger partial charge in [0.2, 0.25) is 5.91 Å². The Bertz CT molecular complexity index is 660. The summed E-state index contributed by atoms with van der Waals surface area (Å²) in [6.07, 6.45) is 0.212. The smallest absolute Gasteiger partial charge is 0.238 e. The predicted octanol–water partition coefficient (Wildman–Crippen LogP) is 1.67. The van der Waals surface area contributed by atoms with Crippen LogP contribution in [0, 0.1) is 11.3 Å². The first kappa shape index (κ1) is 14.6. The number of hydrogen-bond donors (Lipinski definition) is 2. The average Bonchev–Trinajstić information content (AvgIpc) is 2.54. The SMILES string of the molecule is N#Cc1ccc(OCc2ccccc2CC(=O)NN)cc1. The quantitative estimate of drug-likeness (QED) is 0.495. The highest BCUT2D eigenvalue weighted by Crippen LogP contribution is 2.16. The van der Waals surface area contributed by atoms with Crippen molar-refractivity contribution in [3.63, 3.8) is 0 Å². The number of hydrazine groups is 1. The lowest BCUT2D eigenvalue weighted by molar-refractivity contribution is -0.120. The molecule has 0 aromatic heterocycles. The van der Waals surface area contributed by atoms with E-state index < -0.39 is 0 Å². The lowest BCUT2D eigenvalue weighted by Crippen LogP contribution is -2.31. The van der Waals surface area contributed by atoms with E-state index in [2.05, 4.69) is 11.5 Å². The van der Waals surface area contributed by atoms with Crippen LogP contribution in [0.3, 0.4) is 0 Å². The van der Waals surface area contributed by atoms with Crippen LogP contribution in [0.15, 0.2) is 48.5 Å². The van der Waals surface area contributed by atoms with E-state index in [1.165, 1.54) is 0 Å². The molecule has 0 saturated carbocycles. The molecule has 0 aliphatic heterocycles. The van der Waals surface area contributed by atoms with Gasteiger partial charge in [-0.3, -0.25) is 10.2 Å². The van der Waals surface area contributed by atoms with Crippen LogP contribution in [0.2, 0.25) is 0 Å². The minimum Gasteiger partial charge on any atom is -0.489 e. The van der Waals surface area contributed by atoms with Gasteiger partial charge in [-0.25, -0.2) is 5.84 Å². The fourth-order valence-electron chi connectivity index (χ4n) is 1.88. The van der Waals surface area contributed by atoms with Crippen molar-refractivity contribution in [3.05, 3.63) is 65.2 Å². The number of nitrogens with one attached hydrogen (secondary N) is 1. The number of nitrogens with zero attached hydrogens (tertiary/aromatic N) is 1. The maximum atomic E-state index is 11.4. The molecule has 2 aromatic carbocycles. The Morgan fingerprint density at radius 2 is 1.81 bits per heavy atom. The number of carbonyl (C=O) groups excluding carboxylic acids is 1. The highest BCUT2D eigenvalue weighted by atomic mass is 16.5. The minimum absolute atomic E-state index is 0.212. The molecular formula is C16H15N3O2. The summed E-state index contributed by atoms with van der Waals surface area (Å²) in [6, 6.07) is 16.5. The molecule has 0 spiro atoms. The molecule has 0 fully saturated rings. The van der Waals surface area contributed by atoms with Gasteiger partial charge in [0.05, 0.1) is 18.1 Å². The lowest BCUT2D eigenvalue weighted by Gasteiger charge is -2.10. The summed E-state index contributed by atoms with van der Waals surface area (Å²) in [5.74, 6) is 5.53. The Morgan fingerprint density at radius 3 is 2.43 bits per heavy atom. The Labute approximate surface area is 122 Å². The maximum absolute atomic E-state index is 11.4. The number of amides is 1. The molecule has 21 heavy (non-hydrogen) atoms. The third kappa shape index (κ3) is 4.06. The van der Waals surface area contributed by atoms with Crippen molar-refractivity contribution in [1.82, 2.24) is 5.43 Å². The van der Waals surface area contributed by atoms with Gasteiger partial charge in [-0.05, 0) is 35.4 Å². The second-order valence-corrected chi connectivity index (χ2v) is 4.44. The summed E-state index contributed by atoms with van der Waals surface area (Å²) in [6.45, 7) is 0.347. The van der Waals surface area contributed by atoms with Gasteiger partial charge in [0.15, 0.2) is 0 Å². The van der Waals surface area contributed by atoms with E-state index in [-0.39, 0.29) is 12.3 Å². The lowest BCUT2D eigenvalue weighted by atomic mass is 10.1. The molecular weight excluding hydrogens is 266 g/mol. The standard InChI is InChI=1S/C16H15N3O2/c17-10-12-5-7-15(8-6-12)21-11-14-4-2-1-3-13(14)9-16(20)19-18/h1-8H,9,11,18H2,(H,19,20). The molecule has 0 unspecified atom stereocenters. The van der Waals surface area contributed by atoms with Crippen molar-refractivity contribution >= 4 is 5.91 Å². The summed E-state index contributed by atoms with van der Waals surface area (Å²) >= 11 is 0. The maximum Gasteiger partial charge on any atom is 0.238 e. The third-order valence-corrected chi connectivity index (χ3v) is 3.01. The minimum atomic E-state index is -0.249. The van der Waals surface area contributed by atoms with Crippen LogP contribution in [0.5, 0.6) is 5.75 Å². The fourth-order valence-corrected chi connectivity index (χ4v) is 1.88. The van der Waals surface area contributed by atoms with Crippen molar-refractivity contribution in [2.45, 2.75) is 13.0 Å². The fraction of sp³-hybridized carbons (Fsp3) is 0.125. The van der Waals surface area contributed by atoms with Gasteiger partial charge >= 0.3 is 0 Å². The Hall–Kier alpha value is -2.84. The van der Waals surface area contributed by atoms with Crippen molar-refractivity contribution in [3.8, 4) is 11.8 Å². The summed E-state index contributed by atoms with van der Waals surface area (Å²) < 4.78 is 5.68. The molecule has 0 saturated heterocycles. The predicted molar refractivity (Wildman–Crippen MR) is 78.0 cm³/mol. The average molecular weight is 281 g/mol. The van der Waals surface area contributed by atoms with Crippen molar-refractivity contribution in [1.29, 1.82) is 5.26 Å². The number of rotatable bonds is 5. The molecule has 2 rings (SSSR count).